The molecule has 0 unspecified atom stereocenters. The highest BCUT2D eigenvalue weighted by Crippen LogP contribution is 2.26. The van der Waals surface area contributed by atoms with Crippen LogP contribution >= 0.6 is 34.7 Å². The van der Waals surface area contributed by atoms with Gasteiger partial charge in [0.15, 0.2) is 4.34 Å². The lowest BCUT2D eigenvalue weighted by Crippen LogP contribution is -2.13. The summed E-state index contributed by atoms with van der Waals surface area (Å²) in [7, 11) is 0. The second kappa shape index (κ2) is 7.63. The molecule has 0 atom stereocenters. The average molecular weight is 343 g/mol. The Hall–Kier alpha value is -1.31. The summed E-state index contributed by atoms with van der Waals surface area (Å²) in [6, 6.07) is 7.36. The summed E-state index contributed by atoms with van der Waals surface area (Å²) in [6.07, 6.45) is 0. The van der Waals surface area contributed by atoms with E-state index in [1.807, 2.05) is 13.8 Å². The standard InChI is InChI=1S/C13H15ClN4OS2/c1-8(2)15-12-17-18-13(21-12)20-7-11(19)16-10-5-3-4-9(14)6-10/h3-6,8H,7H2,1-2H3,(H,15,17)(H,16,19). The Bertz CT molecular complexity index is 618. The van der Waals surface area contributed by atoms with Crippen molar-refractivity contribution in [2.45, 2.75) is 24.2 Å². The van der Waals surface area contributed by atoms with Crippen molar-refractivity contribution in [3.8, 4) is 0 Å². The Kier molecular flexibility index (Phi) is 5.84. The quantitative estimate of drug-likeness (QED) is 0.783. The van der Waals surface area contributed by atoms with E-state index in [1.54, 1.807) is 24.3 Å². The van der Waals surface area contributed by atoms with E-state index >= 15 is 0 Å². The van der Waals surface area contributed by atoms with E-state index in [9.17, 15) is 4.79 Å². The third-order valence-corrected chi connectivity index (χ3v) is 4.48. The van der Waals surface area contributed by atoms with E-state index in [0.717, 1.165) is 9.47 Å². The number of amides is 1. The van der Waals surface area contributed by atoms with Crippen molar-refractivity contribution in [1.82, 2.24) is 10.2 Å². The molecule has 1 aromatic heterocycles. The van der Waals surface area contributed by atoms with Crippen LogP contribution in [0.2, 0.25) is 5.02 Å². The Labute approximate surface area is 136 Å². The summed E-state index contributed by atoms with van der Waals surface area (Å²) in [6.45, 7) is 4.07. The molecule has 0 saturated carbocycles. The van der Waals surface area contributed by atoms with Crippen molar-refractivity contribution in [3.63, 3.8) is 0 Å². The van der Waals surface area contributed by atoms with Crippen LogP contribution in [0.1, 0.15) is 13.8 Å². The number of nitrogens with zero attached hydrogens (tertiary/aromatic N) is 2. The number of carbonyl (C=O) groups is 1. The molecular weight excluding hydrogens is 328 g/mol. The topological polar surface area (TPSA) is 66.9 Å². The minimum Gasteiger partial charge on any atom is -0.358 e. The van der Waals surface area contributed by atoms with Gasteiger partial charge < -0.3 is 10.6 Å². The van der Waals surface area contributed by atoms with Crippen molar-refractivity contribution in [1.29, 1.82) is 0 Å². The molecule has 0 saturated heterocycles. The van der Waals surface area contributed by atoms with E-state index in [4.69, 9.17) is 11.6 Å². The molecule has 1 heterocycles. The molecule has 2 aromatic rings. The van der Waals surface area contributed by atoms with Gasteiger partial charge in [-0.1, -0.05) is 40.8 Å². The summed E-state index contributed by atoms with van der Waals surface area (Å²) in [4.78, 5) is 11.8. The zero-order valence-electron chi connectivity index (χ0n) is 11.6. The fourth-order valence-corrected chi connectivity index (χ4v) is 3.35. The summed E-state index contributed by atoms with van der Waals surface area (Å²) >= 11 is 8.67. The zero-order valence-corrected chi connectivity index (χ0v) is 14.0. The molecule has 1 aromatic carbocycles. The van der Waals surface area contributed by atoms with Crippen molar-refractivity contribution in [2.24, 2.45) is 0 Å². The number of benzene rings is 1. The monoisotopic (exact) mass is 342 g/mol. The molecule has 2 rings (SSSR count). The van der Waals surface area contributed by atoms with Gasteiger partial charge in [-0.25, -0.2) is 0 Å². The molecule has 21 heavy (non-hydrogen) atoms. The normalized spacial score (nSPS) is 10.7. The Balaban J connectivity index is 1.82. The van der Waals surface area contributed by atoms with Crippen LogP contribution in [0.15, 0.2) is 28.6 Å². The maximum absolute atomic E-state index is 11.8. The van der Waals surface area contributed by atoms with Crippen molar-refractivity contribution >= 4 is 51.4 Å². The van der Waals surface area contributed by atoms with E-state index < -0.39 is 0 Å². The van der Waals surface area contributed by atoms with Gasteiger partial charge in [0.1, 0.15) is 0 Å². The zero-order chi connectivity index (χ0) is 15.2. The van der Waals surface area contributed by atoms with Gasteiger partial charge in [-0.05, 0) is 32.0 Å². The molecule has 5 nitrogen and oxygen atoms in total. The van der Waals surface area contributed by atoms with Gasteiger partial charge in [0.2, 0.25) is 11.0 Å². The number of carbonyl (C=O) groups excluding carboxylic acids is 1. The van der Waals surface area contributed by atoms with Crippen LogP contribution in [-0.2, 0) is 4.79 Å². The van der Waals surface area contributed by atoms with Crippen LogP contribution in [0.3, 0.4) is 0 Å². The molecule has 0 fully saturated rings. The van der Waals surface area contributed by atoms with Gasteiger partial charge >= 0.3 is 0 Å². The fraction of sp³-hybridized carbons (Fsp3) is 0.308. The number of halogens is 1. The molecule has 8 heteroatoms. The summed E-state index contributed by atoms with van der Waals surface area (Å²) in [5.74, 6) is 0.180. The smallest absolute Gasteiger partial charge is 0.234 e. The van der Waals surface area contributed by atoms with Gasteiger partial charge in [0.05, 0.1) is 5.75 Å². The van der Waals surface area contributed by atoms with Crippen molar-refractivity contribution < 1.29 is 4.79 Å². The van der Waals surface area contributed by atoms with Crippen LogP contribution in [-0.4, -0.2) is 27.9 Å². The van der Waals surface area contributed by atoms with Crippen LogP contribution < -0.4 is 10.6 Å². The highest BCUT2D eigenvalue weighted by molar-refractivity contribution is 8.01. The first-order chi connectivity index (χ1) is 10.0. The summed E-state index contributed by atoms with van der Waals surface area (Å²) in [5, 5.41) is 15.4. The second-order valence-corrected chi connectivity index (χ2v) is 7.16. The third kappa shape index (κ3) is 5.53. The number of thioether (sulfide) groups is 1. The van der Waals surface area contributed by atoms with Gasteiger partial charge in [0, 0.05) is 16.8 Å². The SMILES string of the molecule is CC(C)Nc1nnc(SCC(=O)Nc2cccc(Cl)c2)s1. The van der Waals surface area contributed by atoms with Crippen molar-refractivity contribution in [3.05, 3.63) is 29.3 Å². The molecule has 2 N–H and O–H groups in total. The van der Waals surface area contributed by atoms with E-state index in [-0.39, 0.29) is 11.7 Å². The van der Waals surface area contributed by atoms with Crippen LogP contribution in [0.5, 0.6) is 0 Å². The first-order valence-electron chi connectivity index (χ1n) is 6.31. The van der Waals surface area contributed by atoms with Crippen LogP contribution in [0.25, 0.3) is 0 Å². The highest BCUT2D eigenvalue weighted by atomic mass is 35.5. The lowest BCUT2D eigenvalue weighted by molar-refractivity contribution is -0.113. The fourth-order valence-electron chi connectivity index (χ4n) is 1.46. The maximum atomic E-state index is 11.8. The molecule has 1 amide bonds. The predicted molar refractivity (Wildman–Crippen MR) is 89.5 cm³/mol. The lowest BCUT2D eigenvalue weighted by Gasteiger charge is -2.04. The first kappa shape index (κ1) is 16.1. The van der Waals surface area contributed by atoms with Crippen molar-refractivity contribution in [2.75, 3.05) is 16.4 Å². The molecule has 0 aliphatic heterocycles. The van der Waals surface area contributed by atoms with Gasteiger partial charge in [-0.3, -0.25) is 4.79 Å². The van der Waals surface area contributed by atoms with E-state index in [0.29, 0.717) is 16.8 Å². The van der Waals surface area contributed by atoms with Gasteiger partial charge in [-0.2, -0.15) is 0 Å². The number of rotatable bonds is 6. The Morgan fingerprint density at radius 1 is 1.43 bits per heavy atom. The van der Waals surface area contributed by atoms with Crippen LogP contribution in [0.4, 0.5) is 10.8 Å². The number of aromatic nitrogens is 2. The Morgan fingerprint density at radius 3 is 2.95 bits per heavy atom. The summed E-state index contributed by atoms with van der Waals surface area (Å²) in [5.41, 5.74) is 0.688. The minimum absolute atomic E-state index is 0.101. The third-order valence-electron chi connectivity index (χ3n) is 2.25. The number of hydrogen-bond donors (Lipinski definition) is 2. The van der Waals surface area contributed by atoms with E-state index in [1.165, 1.54) is 23.1 Å². The highest BCUT2D eigenvalue weighted by Gasteiger charge is 2.09. The minimum atomic E-state index is -0.101. The van der Waals surface area contributed by atoms with Crippen LogP contribution in [0, 0.1) is 0 Å². The Morgan fingerprint density at radius 2 is 2.24 bits per heavy atom. The molecule has 0 aliphatic rings. The number of hydrogen-bond acceptors (Lipinski definition) is 6. The summed E-state index contributed by atoms with van der Waals surface area (Å²) < 4.78 is 0.763. The molecule has 112 valence electrons. The molecule has 0 aliphatic carbocycles. The second-order valence-electron chi connectivity index (χ2n) is 4.52. The molecular formula is C13H15ClN4OS2. The van der Waals surface area contributed by atoms with Gasteiger partial charge in [0.25, 0.3) is 0 Å². The predicted octanol–water partition coefficient (Wildman–Crippen LogP) is 3.74. The largest absolute Gasteiger partial charge is 0.358 e. The molecule has 0 radical (unpaired) electrons. The number of nitrogens with one attached hydrogen (secondary N) is 2. The maximum Gasteiger partial charge on any atom is 0.234 e. The number of anilines is 2. The van der Waals surface area contributed by atoms with Gasteiger partial charge in [-0.15, -0.1) is 10.2 Å². The lowest BCUT2D eigenvalue weighted by atomic mass is 10.3. The molecule has 0 spiro atoms. The first-order valence-corrected chi connectivity index (χ1v) is 8.49. The average Bonchev–Trinajstić information content (AvgIpc) is 2.83. The molecule has 0 bridgehead atoms. The van der Waals surface area contributed by atoms with E-state index in [2.05, 4.69) is 20.8 Å².